The molecule has 482 valence electrons. The molecule has 0 aromatic heterocycles. The quantitative estimate of drug-likeness (QED) is 0.156. The second-order valence-electron chi connectivity index (χ2n) is 25.7. The molecule has 0 saturated carbocycles. The number of likely N-dealkylation sites (N-methyl/N-ethyl adjacent to an activating group) is 7. The summed E-state index contributed by atoms with van der Waals surface area (Å²) in [4.78, 5) is 168. The lowest BCUT2D eigenvalue weighted by Crippen LogP contribution is -2.63. The predicted molar refractivity (Wildman–Crippen MR) is 324 cm³/mol. The van der Waals surface area contributed by atoms with Gasteiger partial charge < -0.3 is 60.7 Å². The highest BCUT2D eigenvalue weighted by Gasteiger charge is 2.45. The molecule has 0 spiro atoms. The fraction of sp³-hybridized carbons (Fsp3) is 0.770. The summed E-state index contributed by atoms with van der Waals surface area (Å²) in [6.45, 7) is 27.0. The molecule has 12 atom stereocenters. The molecule has 1 aliphatic rings. The van der Waals surface area contributed by atoms with Crippen LogP contribution in [0.25, 0.3) is 0 Å². The van der Waals surface area contributed by atoms with E-state index in [1.54, 1.807) is 34.6 Å². The standard InChI is InChI=1S/C61H106N12O12/c1-24-42-57(81)67(17)32-47(74)68(18)43(28-33(2)3)54(78)66-48(37(10)11)60(84)69(19)44(29-34(4)5)53(77)63-40(15)52(76)64-41(16)56(80)70(20)45(30-35(6)7)58(82)71(21)46(31-36(8)9)59(83)72(22)49(38(12)13)61(85)73(23)50(55(79)65-42)51(75)39(14)26-25-27-62/h25-26,33-46,48-51,75H,24,28-32H2,1-23H3,(H,63,77)(H,64,76)(H,65,79)(H,66,78)/b26-25+/t39-,40+,41-,42+,43+,44+,45+,46+,48+,49+,50+,51-/m1/s1. The average Bonchev–Trinajstić information content (AvgIpc) is 2.61. The van der Waals surface area contributed by atoms with Gasteiger partial charge in [-0.25, -0.2) is 0 Å². The third-order valence-corrected chi connectivity index (χ3v) is 15.8. The summed E-state index contributed by atoms with van der Waals surface area (Å²) >= 11 is 0. The highest BCUT2D eigenvalue weighted by Crippen LogP contribution is 2.25. The zero-order valence-electron chi connectivity index (χ0n) is 55.3. The molecular weight excluding hydrogens is 1090 g/mol. The number of carbonyl (C=O) groups excluding carboxylic acids is 11. The van der Waals surface area contributed by atoms with Crippen molar-refractivity contribution in [3.8, 4) is 6.07 Å². The van der Waals surface area contributed by atoms with E-state index in [1.165, 1.54) is 101 Å². The van der Waals surface area contributed by atoms with Gasteiger partial charge in [0.2, 0.25) is 65.0 Å². The fourth-order valence-electron chi connectivity index (χ4n) is 10.5. The molecule has 0 aliphatic carbocycles. The number of nitriles is 1. The van der Waals surface area contributed by atoms with Gasteiger partial charge >= 0.3 is 0 Å². The van der Waals surface area contributed by atoms with Crippen molar-refractivity contribution in [2.24, 2.45) is 41.4 Å². The first-order chi connectivity index (χ1) is 39.2. The first kappa shape index (κ1) is 76.4. The van der Waals surface area contributed by atoms with E-state index >= 15 is 9.59 Å². The maximum Gasteiger partial charge on any atom is 0.246 e. The first-order valence-corrected chi connectivity index (χ1v) is 30.0. The number of aliphatic hydroxyl groups excluding tert-OH is 1. The number of amides is 11. The van der Waals surface area contributed by atoms with E-state index in [0.717, 1.165) is 15.9 Å². The Labute approximate surface area is 506 Å². The molecule has 0 radical (unpaired) electrons. The van der Waals surface area contributed by atoms with Crippen LogP contribution in [0.3, 0.4) is 0 Å². The van der Waals surface area contributed by atoms with Crippen LogP contribution in [0, 0.1) is 52.8 Å². The third kappa shape index (κ3) is 21.4. The summed E-state index contributed by atoms with van der Waals surface area (Å²) in [5, 5.41) is 32.2. The van der Waals surface area contributed by atoms with Crippen molar-refractivity contribution in [2.75, 3.05) is 55.9 Å². The highest BCUT2D eigenvalue weighted by atomic mass is 16.3. The zero-order valence-corrected chi connectivity index (χ0v) is 55.3. The van der Waals surface area contributed by atoms with E-state index in [0.29, 0.717) is 0 Å². The van der Waals surface area contributed by atoms with Gasteiger partial charge in [-0.1, -0.05) is 103 Å². The van der Waals surface area contributed by atoms with Crippen molar-refractivity contribution < 1.29 is 57.8 Å². The maximum atomic E-state index is 15.1. The summed E-state index contributed by atoms with van der Waals surface area (Å²) in [7, 11) is 9.70. The third-order valence-electron chi connectivity index (χ3n) is 15.8. The normalized spacial score (nSPS) is 26.8. The summed E-state index contributed by atoms with van der Waals surface area (Å²) in [6.07, 6.45) is 1.30. The van der Waals surface area contributed by atoms with E-state index in [4.69, 9.17) is 0 Å². The molecule has 0 aromatic carbocycles. The molecule has 1 heterocycles. The molecule has 0 unspecified atom stereocenters. The Morgan fingerprint density at radius 2 is 0.894 bits per heavy atom. The van der Waals surface area contributed by atoms with Crippen LogP contribution in [0.2, 0.25) is 0 Å². The number of nitrogens with one attached hydrogen (secondary N) is 4. The minimum Gasteiger partial charge on any atom is -0.390 e. The van der Waals surface area contributed by atoms with Gasteiger partial charge in [0.25, 0.3) is 0 Å². The van der Waals surface area contributed by atoms with Gasteiger partial charge in [-0.2, -0.15) is 5.26 Å². The summed E-state index contributed by atoms with van der Waals surface area (Å²) in [5.41, 5.74) is 0. The molecule has 5 N–H and O–H groups in total. The lowest BCUT2D eigenvalue weighted by atomic mass is 9.93. The molecule has 1 aliphatic heterocycles. The van der Waals surface area contributed by atoms with Crippen LogP contribution >= 0.6 is 0 Å². The monoisotopic (exact) mass is 1200 g/mol. The van der Waals surface area contributed by atoms with Gasteiger partial charge in [0, 0.05) is 61.3 Å². The molecular formula is C61H106N12O12. The Morgan fingerprint density at radius 1 is 0.482 bits per heavy atom. The number of rotatable bonds is 14. The van der Waals surface area contributed by atoms with Crippen LogP contribution in [0.1, 0.15) is 143 Å². The van der Waals surface area contributed by atoms with Crippen LogP contribution in [-0.4, -0.2) is 227 Å². The molecule has 1 saturated heterocycles. The Bertz CT molecular complexity index is 2410. The Hall–Kier alpha value is -6.64. The van der Waals surface area contributed by atoms with Gasteiger partial charge in [-0.05, 0) is 81.5 Å². The van der Waals surface area contributed by atoms with Crippen molar-refractivity contribution in [3.63, 3.8) is 0 Å². The van der Waals surface area contributed by atoms with Gasteiger partial charge in [-0.3, -0.25) is 52.7 Å². The largest absolute Gasteiger partial charge is 0.390 e. The van der Waals surface area contributed by atoms with Crippen LogP contribution < -0.4 is 21.3 Å². The minimum atomic E-state index is -1.74. The molecule has 1 fully saturated rings. The van der Waals surface area contributed by atoms with Gasteiger partial charge in [-0.15, -0.1) is 0 Å². The molecule has 0 bridgehead atoms. The smallest absolute Gasteiger partial charge is 0.246 e. The SMILES string of the molecule is CC[C@@H]1NC(=O)[C@H]([C@H](O)[C@H](C)/C=C/C#N)N(C)C(=O)[C@H](C(C)C)N(C)C(=O)[C@H](CC(C)C)N(C)C(=O)[C@H](CC(C)C)N(C)C(=O)[C@@H](C)NC(=O)[C@H](C)NC(=O)[C@H](CC(C)C)N(C)C(=O)[C@H](C(C)C)NC(=O)[C@H](CC(C)C)N(C)C(=O)CN(C)C1=O. The molecule has 85 heavy (non-hydrogen) atoms. The molecule has 24 nitrogen and oxygen atoms in total. The topological polar surface area (TPSA) is 303 Å². The average molecular weight is 1200 g/mol. The molecule has 24 heteroatoms. The molecule has 0 aromatic rings. The van der Waals surface area contributed by atoms with Crippen molar-refractivity contribution >= 4 is 65.0 Å². The number of hydrogen-bond donors (Lipinski definition) is 5. The maximum absolute atomic E-state index is 15.1. The van der Waals surface area contributed by atoms with E-state index < -0.39 is 156 Å². The molecule has 11 amide bonds. The number of aliphatic hydroxyl groups is 1. The van der Waals surface area contributed by atoms with Crippen LogP contribution in [0.4, 0.5) is 0 Å². The zero-order chi connectivity index (χ0) is 66.0. The Balaban J connectivity index is 4.33. The number of hydrogen-bond acceptors (Lipinski definition) is 13. The lowest BCUT2D eigenvalue weighted by molar-refractivity contribution is -0.157. The minimum absolute atomic E-state index is 0.0230. The van der Waals surface area contributed by atoms with Crippen molar-refractivity contribution in [1.29, 1.82) is 5.26 Å². The number of allylic oxidation sites excluding steroid dienone is 1. The number of nitrogens with zero attached hydrogens (tertiary/aromatic N) is 8. The van der Waals surface area contributed by atoms with Gasteiger partial charge in [0.15, 0.2) is 0 Å². The van der Waals surface area contributed by atoms with Crippen molar-refractivity contribution in [2.45, 2.75) is 209 Å². The van der Waals surface area contributed by atoms with Crippen LogP contribution in [0.5, 0.6) is 0 Å². The lowest BCUT2D eigenvalue weighted by Gasteiger charge is -2.41. The second-order valence-corrected chi connectivity index (χ2v) is 25.7. The fourth-order valence-corrected chi connectivity index (χ4v) is 10.5. The van der Waals surface area contributed by atoms with E-state index in [-0.39, 0.29) is 55.8 Å². The van der Waals surface area contributed by atoms with E-state index in [9.17, 15) is 53.5 Å². The van der Waals surface area contributed by atoms with Crippen molar-refractivity contribution in [3.05, 3.63) is 12.2 Å². The summed E-state index contributed by atoms with van der Waals surface area (Å²) in [5.74, 6) is -10.5. The Kier molecular flexibility index (Phi) is 31.0. The summed E-state index contributed by atoms with van der Waals surface area (Å²) in [6, 6.07) is -10.8. The number of carbonyl (C=O) groups is 11. The van der Waals surface area contributed by atoms with Crippen LogP contribution in [0.15, 0.2) is 12.2 Å². The molecule has 1 rings (SSSR count). The van der Waals surface area contributed by atoms with Crippen molar-refractivity contribution in [1.82, 2.24) is 55.6 Å². The van der Waals surface area contributed by atoms with E-state index in [1.807, 2.05) is 61.5 Å². The highest BCUT2D eigenvalue weighted by molar-refractivity contribution is 5.99. The summed E-state index contributed by atoms with van der Waals surface area (Å²) < 4.78 is 0. The van der Waals surface area contributed by atoms with Crippen LogP contribution in [-0.2, 0) is 52.7 Å². The van der Waals surface area contributed by atoms with E-state index in [2.05, 4.69) is 21.3 Å². The predicted octanol–water partition coefficient (Wildman–Crippen LogP) is 2.38. The first-order valence-electron chi connectivity index (χ1n) is 30.0. The second kappa shape index (κ2) is 34.5. The van der Waals surface area contributed by atoms with Gasteiger partial charge in [0.05, 0.1) is 18.7 Å². The van der Waals surface area contributed by atoms with Gasteiger partial charge in [0.1, 0.15) is 60.4 Å². The Morgan fingerprint density at radius 3 is 1.34 bits per heavy atom.